The molecule has 1 unspecified atom stereocenters. The highest BCUT2D eigenvalue weighted by atomic mass is 32.2. The van der Waals surface area contributed by atoms with Gasteiger partial charge in [-0.15, -0.1) is 0 Å². The molecule has 0 saturated heterocycles. The van der Waals surface area contributed by atoms with Crippen LogP contribution in [0.15, 0.2) is 23.4 Å². The maximum absolute atomic E-state index is 11.0. The first-order valence-corrected chi connectivity index (χ1v) is 5.72. The van der Waals surface area contributed by atoms with Gasteiger partial charge in [0.25, 0.3) is 0 Å². The third kappa shape index (κ3) is 3.26. The molecule has 0 fully saturated rings. The average molecular weight is 212 g/mol. The molecular weight excluding hydrogens is 200 g/mol. The first-order chi connectivity index (χ1) is 6.59. The molecule has 0 aromatic carbocycles. The van der Waals surface area contributed by atoms with Crippen molar-refractivity contribution in [1.82, 2.24) is 4.98 Å². The average Bonchev–Trinajstić information content (AvgIpc) is 2.15. The fraction of sp³-hybridized carbons (Fsp3) is 0.333. The maximum atomic E-state index is 11.0. The summed E-state index contributed by atoms with van der Waals surface area (Å²) in [5.74, 6) is -0.326. The second kappa shape index (κ2) is 4.85. The van der Waals surface area contributed by atoms with E-state index in [0.29, 0.717) is 17.9 Å². The summed E-state index contributed by atoms with van der Waals surface area (Å²) in [5, 5.41) is 0.549. The minimum Gasteiger partial charge on any atom is -0.370 e. The predicted molar refractivity (Wildman–Crippen MR) is 54.1 cm³/mol. The van der Waals surface area contributed by atoms with Crippen molar-refractivity contribution in [3.05, 3.63) is 23.9 Å². The van der Waals surface area contributed by atoms with Gasteiger partial charge in [0.1, 0.15) is 5.03 Å². The number of aromatic nitrogens is 1. The van der Waals surface area contributed by atoms with Crippen LogP contribution in [0.1, 0.15) is 12.0 Å². The summed E-state index contributed by atoms with van der Waals surface area (Å²) in [7, 11) is -1.05. The molecule has 1 rings (SSSR count). The number of hydrogen-bond acceptors (Lipinski definition) is 3. The Labute approximate surface area is 85.0 Å². The van der Waals surface area contributed by atoms with Gasteiger partial charge in [0.2, 0.25) is 5.91 Å². The van der Waals surface area contributed by atoms with Gasteiger partial charge in [-0.2, -0.15) is 0 Å². The fourth-order valence-electron chi connectivity index (χ4n) is 0.996. The van der Waals surface area contributed by atoms with E-state index in [0.717, 1.165) is 5.56 Å². The van der Waals surface area contributed by atoms with Crippen LogP contribution < -0.4 is 5.73 Å². The summed E-state index contributed by atoms with van der Waals surface area (Å²) < 4.78 is 11.0. The van der Waals surface area contributed by atoms with Crippen LogP contribution in [-0.4, -0.2) is 21.4 Å². The van der Waals surface area contributed by atoms with Crippen LogP contribution in [0.2, 0.25) is 0 Å². The van der Waals surface area contributed by atoms with Crippen molar-refractivity contribution in [3.63, 3.8) is 0 Å². The van der Waals surface area contributed by atoms with Gasteiger partial charge in [0.05, 0.1) is 10.8 Å². The van der Waals surface area contributed by atoms with Gasteiger partial charge in [-0.3, -0.25) is 9.00 Å². The second-order valence-corrected chi connectivity index (χ2v) is 4.25. The monoisotopic (exact) mass is 212 g/mol. The minimum absolute atomic E-state index is 0.316. The van der Waals surface area contributed by atoms with Crippen LogP contribution in [0.4, 0.5) is 0 Å². The molecule has 1 amide bonds. The Morgan fingerprint density at radius 2 is 2.29 bits per heavy atom. The quantitative estimate of drug-likeness (QED) is 0.776. The van der Waals surface area contributed by atoms with Gasteiger partial charge in [-0.05, 0) is 18.1 Å². The number of rotatable bonds is 4. The van der Waals surface area contributed by atoms with Crippen LogP contribution in [0.5, 0.6) is 0 Å². The zero-order valence-electron chi connectivity index (χ0n) is 7.90. The molecule has 1 heterocycles. The third-order valence-electron chi connectivity index (χ3n) is 1.75. The molecule has 2 N–H and O–H groups in total. The van der Waals surface area contributed by atoms with Crippen LogP contribution in [0.3, 0.4) is 0 Å². The molecular formula is C9H12N2O2S. The lowest BCUT2D eigenvalue weighted by molar-refractivity contribution is -0.117. The van der Waals surface area contributed by atoms with Gasteiger partial charge >= 0.3 is 0 Å². The second-order valence-electron chi connectivity index (χ2n) is 2.93. The van der Waals surface area contributed by atoms with Crippen LogP contribution in [-0.2, 0) is 22.0 Å². The van der Waals surface area contributed by atoms with E-state index in [1.165, 1.54) is 0 Å². The van der Waals surface area contributed by atoms with E-state index < -0.39 is 10.8 Å². The summed E-state index contributed by atoms with van der Waals surface area (Å²) in [6.07, 6.45) is 4.10. The summed E-state index contributed by atoms with van der Waals surface area (Å²) in [5.41, 5.74) is 5.94. The highest BCUT2D eigenvalue weighted by Gasteiger charge is 2.00. The molecule has 1 atom stereocenters. The number of aryl methyl sites for hydroxylation is 1. The molecule has 0 radical (unpaired) electrons. The Balaban J connectivity index is 2.64. The lowest BCUT2D eigenvalue weighted by Gasteiger charge is -1.99. The van der Waals surface area contributed by atoms with Crippen molar-refractivity contribution in [2.24, 2.45) is 5.73 Å². The Morgan fingerprint density at radius 3 is 2.71 bits per heavy atom. The number of carbonyl (C=O) groups excluding carboxylic acids is 1. The molecule has 1 aromatic heterocycles. The molecule has 5 heteroatoms. The van der Waals surface area contributed by atoms with Crippen molar-refractivity contribution in [2.75, 3.05) is 6.26 Å². The molecule has 0 bridgehead atoms. The number of nitrogens with zero attached hydrogens (tertiary/aromatic N) is 1. The van der Waals surface area contributed by atoms with Crippen LogP contribution in [0.25, 0.3) is 0 Å². The van der Waals surface area contributed by atoms with Crippen molar-refractivity contribution in [2.45, 2.75) is 17.9 Å². The van der Waals surface area contributed by atoms with E-state index in [9.17, 15) is 9.00 Å². The number of pyridine rings is 1. The lowest BCUT2D eigenvalue weighted by atomic mass is 10.1. The molecule has 0 aliphatic carbocycles. The van der Waals surface area contributed by atoms with Crippen LogP contribution in [0, 0.1) is 0 Å². The van der Waals surface area contributed by atoms with Crippen molar-refractivity contribution in [1.29, 1.82) is 0 Å². The number of hydrogen-bond donors (Lipinski definition) is 1. The first-order valence-electron chi connectivity index (χ1n) is 4.16. The molecule has 0 spiro atoms. The van der Waals surface area contributed by atoms with Gasteiger partial charge in [0.15, 0.2) is 0 Å². The maximum Gasteiger partial charge on any atom is 0.217 e. The molecule has 4 nitrogen and oxygen atoms in total. The Bertz CT molecular complexity index is 348. The van der Waals surface area contributed by atoms with Gasteiger partial charge in [-0.1, -0.05) is 6.07 Å². The molecule has 14 heavy (non-hydrogen) atoms. The van der Waals surface area contributed by atoms with Crippen LogP contribution >= 0.6 is 0 Å². The van der Waals surface area contributed by atoms with Crippen molar-refractivity contribution in [3.8, 4) is 0 Å². The zero-order valence-corrected chi connectivity index (χ0v) is 8.71. The number of primary amides is 1. The summed E-state index contributed by atoms with van der Waals surface area (Å²) in [6.45, 7) is 0. The number of nitrogens with two attached hydrogens (primary N) is 1. The van der Waals surface area contributed by atoms with E-state index in [2.05, 4.69) is 4.98 Å². The summed E-state index contributed by atoms with van der Waals surface area (Å²) in [4.78, 5) is 14.5. The fourth-order valence-corrected chi connectivity index (χ4v) is 1.46. The Hall–Kier alpha value is -1.23. The standard InChI is InChI=1S/C9H12N2O2S/c1-14(13)9-5-3-7(6-11-9)2-4-8(10)12/h3,5-6H,2,4H2,1H3,(H2,10,12). The smallest absolute Gasteiger partial charge is 0.217 e. The van der Waals surface area contributed by atoms with E-state index in [-0.39, 0.29) is 5.91 Å². The van der Waals surface area contributed by atoms with Gasteiger partial charge in [0, 0.05) is 18.9 Å². The molecule has 0 aliphatic rings. The highest BCUT2D eigenvalue weighted by Crippen LogP contribution is 2.05. The van der Waals surface area contributed by atoms with E-state index in [1.807, 2.05) is 6.07 Å². The zero-order chi connectivity index (χ0) is 10.6. The minimum atomic E-state index is -1.05. The number of amides is 1. The van der Waals surface area contributed by atoms with Crippen molar-refractivity contribution >= 4 is 16.7 Å². The third-order valence-corrected chi connectivity index (χ3v) is 2.58. The van der Waals surface area contributed by atoms with Gasteiger partial charge < -0.3 is 5.73 Å². The van der Waals surface area contributed by atoms with E-state index >= 15 is 0 Å². The summed E-state index contributed by atoms with van der Waals surface area (Å²) in [6, 6.07) is 3.51. The SMILES string of the molecule is CS(=O)c1ccc(CCC(N)=O)cn1. The normalized spacial score (nSPS) is 12.4. The number of carbonyl (C=O) groups is 1. The molecule has 1 aromatic rings. The highest BCUT2D eigenvalue weighted by molar-refractivity contribution is 7.84. The Morgan fingerprint density at radius 1 is 1.57 bits per heavy atom. The molecule has 0 aliphatic heterocycles. The first kappa shape index (κ1) is 10.8. The summed E-state index contributed by atoms with van der Waals surface area (Å²) >= 11 is 0. The predicted octanol–water partition coefficient (Wildman–Crippen LogP) is 0.237. The van der Waals surface area contributed by atoms with E-state index in [1.54, 1.807) is 18.5 Å². The molecule has 76 valence electrons. The largest absolute Gasteiger partial charge is 0.370 e. The molecule has 0 saturated carbocycles. The van der Waals surface area contributed by atoms with Gasteiger partial charge in [-0.25, -0.2) is 4.98 Å². The topological polar surface area (TPSA) is 73.1 Å². The van der Waals surface area contributed by atoms with E-state index in [4.69, 9.17) is 5.73 Å². The van der Waals surface area contributed by atoms with Crippen molar-refractivity contribution < 1.29 is 9.00 Å². The Kier molecular flexibility index (Phi) is 3.76. The lowest BCUT2D eigenvalue weighted by Crippen LogP contribution is -2.11.